The van der Waals surface area contributed by atoms with Crippen LogP contribution in [0.1, 0.15) is 0 Å². The van der Waals surface area contributed by atoms with Gasteiger partial charge >= 0.3 is 0 Å². The Labute approximate surface area is 41.7 Å². The predicted molar refractivity (Wildman–Crippen MR) is 25.0 cm³/mol. The SMILES string of the molecule is COSCC[O]. The van der Waals surface area contributed by atoms with Crippen LogP contribution in [0.5, 0.6) is 0 Å². The van der Waals surface area contributed by atoms with Gasteiger partial charge in [-0.2, -0.15) is 0 Å². The highest BCUT2D eigenvalue weighted by Gasteiger charge is 1.78. The standard InChI is InChI=1S/C3H7O2S/c1-5-6-3-2-4/h2-3H2,1H3. The van der Waals surface area contributed by atoms with Gasteiger partial charge in [-0.25, -0.2) is 5.11 Å². The Bertz CT molecular complexity index is 20.8. The van der Waals surface area contributed by atoms with E-state index in [0.717, 1.165) is 0 Å². The average molecular weight is 107 g/mol. The third-order valence-electron chi connectivity index (χ3n) is 0.285. The largest absolute Gasteiger partial charge is 0.318 e. The summed E-state index contributed by atoms with van der Waals surface area (Å²) in [6, 6.07) is 0. The third-order valence-corrected chi connectivity index (χ3v) is 0.854. The fourth-order valence-electron chi connectivity index (χ4n) is 0.117. The molecule has 0 aliphatic carbocycles. The summed E-state index contributed by atoms with van der Waals surface area (Å²) < 4.78 is 4.50. The minimum atomic E-state index is -0.0570. The molecule has 3 heteroatoms. The first-order chi connectivity index (χ1) is 2.91. The molecule has 0 bridgehead atoms. The summed E-state index contributed by atoms with van der Waals surface area (Å²) in [5.74, 6) is 0.552. The summed E-state index contributed by atoms with van der Waals surface area (Å²) in [5.41, 5.74) is 0. The molecule has 0 rings (SSSR count). The normalized spacial score (nSPS) is 9.00. The van der Waals surface area contributed by atoms with E-state index in [2.05, 4.69) is 4.18 Å². The molecule has 6 heavy (non-hydrogen) atoms. The zero-order valence-corrected chi connectivity index (χ0v) is 4.46. The van der Waals surface area contributed by atoms with Gasteiger partial charge < -0.3 is 4.18 Å². The number of hydrogen-bond donors (Lipinski definition) is 0. The van der Waals surface area contributed by atoms with Crippen LogP contribution in [0.25, 0.3) is 0 Å². The highest BCUT2D eigenvalue weighted by atomic mass is 32.2. The Morgan fingerprint density at radius 3 is 2.67 bits per heavy atom. The van der Waals surface area contributed by atoms with Crippen LogP contribution >= 0.6 is 12.0 Å². The summed E-state index contributed by atoms with van der Waals surface area (Å²) in [6.07, 6.45) is 0. The maximum absolute atomic E-state index is 9.59. The highest BCUT2D eigenvalue weighted by Crippen LogP contribution is 1.94. The first-order valence-corrected chi connectivity index (χ1v) is 2.56. The zero-order chi connectivity index (χ0) is 4.83. The van der Waals surface area contributed by atoms with E-state index < -0.39 is 0 Å². The van der Waals surface area contributed by atoms with E-state index in [1.165, 1.54) is 12.0 Å². The molecule has 0 fully saturated rings. The van der Waals surface area contributed by atoms with Crippen molar-refractivity contribution in [1.82, 2.24) is 0 Å². The third kappa shape index (κ3) is 4.27. The average Bonchev–Trinajstić information content (AvgIpc) is 1.61. The summed E-state index contributed by atoms with van der Waals surface area (Å²) in [4.78, 5) is 0. The minimum Gasteiger partial charge on any atom is -0.318 e. The van der Waals surface area contributed by atoms with E-state index in [-0.39, 0.29) is 6.61 Å². The van der Waals surface area contributed by atoms with Gasteiger partial charge in [-0.1, -0.05) is 0 Å². The summed E-state index contributed by atoms with van der Waals surface area (Å²) in [6.45, 7) is -0.0570. The van der Waals surface area contributed by atoms with Gasteiger partial charge in [0.05, 0.1) is 13.7 Å². The maximum Gasteiger partial charge on any atom is 0.0935 e. The van der Waals surface area contributed by atoms with E-state index >= 15 is 0 Å². The molecule has 1 radical (unpaired) electrons. The van der Waals surface area contributed by atoms with Crippen LogP contribution < -0.4 is 0 Å². The van der Waals surface area contributed by atoms with Gasteiger partial charge in [0.2, 0.25) is 0 Å². The van der Waals surface area contributed by atoms with Crippen LogP contribution in [0, 0.1) is 0 Å². The smallest absolute Gasteiger partial charge is 0.0935 e. The van der Waals surface area contributed by atoms with Crippen LogP contribution in [-0.2, 0) is 9.29 Å². The van der Waals surface area contributed by atoms with Gasteiger partial charge in [-0.3, -0.25) is 0 Å². The van der Waals surface area contributed by atoms with Crippen LogP contribution in [-0.4, -0.2) is 19.5 Å². The fraction of sp³-hybridized carbons (Fsp3) is 1.00. The second kappa shape index (κ2) is 5.27. The van der Waals surface area contributed by atoms with Crippen molar-refractivity contribution in [3.63, 3.8) is 0 Å². The van der Waals surface area contributed by atoms with Crippen LogP contribution in [0.4, 0.5) is 0 Å². The molecule has 0 atom stereocenters. The molecular weight excluding hydrogens is 100 g/mol. The summed E-state index contributed by atoms with van der Waals surface area (Å²) in [5, 5.41) is 9.59. The van der Waals surface area contributed by atoms with Crippen LogP contribution in [0.15, 0.2) is 0 Å². The van der Waals surface area contributed by atoms with Crippen molar-refractivity contribution in [2.24, 2.45) is 0 Å². The Hall–Kier alpha value is 0.270. The quantitative estimate of drug-likeness (QED) is 0.392. The minimum absolute atomic E-state index is 0.0570. The van der Waals surface area contributed by atoms with Crippen molar-refractivity contribution in [2.75, 3.05) is 19.5 Å². The van der Waals surface area contributed by atoms with E-state index in [9.17, 15) is 5.11 Å². The van der Waals surface area contributed by atoms with Crippen molar-refractivity contribution >= 4 is 12.0 Å². The molecule has 0 amide bonds. The molecule has 0 saturated heterocycles. The summed E-state index contributed by atoms with van der Waals surface area (Å²) >= 11 is 1.20. The molecule has 0 heterocycles. The Morgan fingerprint density at radius 1 is 1.83 bits per heavy atom. The molecule has 2 nitrogen and oxygen atoms in total. The van der Waals surface area contributed by atoms with Gasteiger partial charge in [0.1, 0.15) is 0 Å². The lowest BCUT2D eigenvalue weighted by Crippen LogP contribution is -1.81. The molecular formula is C3H7O2S. The van der Waals surface area contributed by atoms with Gasteiger partial charge in [0, 0.05) is 5.75 Å². The molecule has 0 unspecified atom stereocenters. The van der Waals surface area contributed by atoms with Crippen molar-refractivity contribution in [2.45, 2.75) is 0 Å². The van der Waals surface area contributed by atoms with Gasteiger partial charge in [0.25, 0.3) is 0 Å². The molecule has 0 spiro atoms. The van der Waals surface area contributed by atoms with Crippen molar-refractivity contribution in [3.05, 3.63) is 0 Å². The van der Waals surface area contributed by atoms with E-state index in [4.69, 9.17) is 0 Å². The highest BCUT2D eigenvalue weighted by molar-refractivity contribution is 7.94. The Kier molecular flexibility index (Phi) is 5.51. The molecule has 0 aromatic carbocycles. The first-order valence-electron chi connectivity index (χ1n) is 1.65. The first kappa shape index (κ1) is 6.27. The van der Waals surface area contributed by atoms with E-state index in [1.807, 2.05) is 0 Å². The van der Waals surface area contributed by atoms with Gasteiger partial charge in [-0.05, 0) is 12.0 Å². The van der Waals surface area contributed by atoms with Gasteiger partial charge in [0.15, 0.2) is 0 Å². The van der Waals surface area contributed by atoms with Crippen molar-refractivity contribution in [3.8, 4) is 0 Å². The summed E-state index contributed by atoms with van der Waals surface area (Å²) in [7, 11) is 1.56. The zero-order valence-electron chi connectivity index (χ0n) is 3.64. The topological polar surface area (TPSA) is 29.1 Å². The Balaban J connectivity index is 2.34. The number of rotatable bonds is 3. The maximum atomic E-state index is 9.59. The monoisotopic (exact) mass is 107 g/mol. The second-order valence-electron chi connectivity index (χ2n) is 0.693. The van der Waals surface area contributed by atoms with Crippen molar-refractivity contribution < 1.29 is 9.29 Å². The predicted octanol–water partition coefficient (Wildman–Crippen LogP) is 0.712. The molecule has 0 saturated carbocycles. The Morgan fingerprint density at radius 2 is 2.50 bits per heavy atom. The van der Waals surface area contributed by atoms with Crippen LogP contribution in [0.2, 0.25) is 0 Å². The lowest BCUT2D eigenvalue weighted by Gasteiger charge is -1.86. The molecule has 37 valence electrons. The van der Waals surface area contributed by atoms with Gasteiger partial charge in [-0.15, -0.1) is 0 Å². The van der Waals surface area contributed by atoms with Crippen molar-refractivity contribution in [1.29, 1.82) is 0 Å². The molecule has 0 aliphatic rings. The lowest BCUT2D eigenvalue weighted by atomic mass is 10.9. The van der Waals surface area contributed by atoms with E-state index in [1.54, 1.807) is 7.11 Å². The molecule has 0 aromatic rings. The lowest BCUT2D eigenvalue weighted by molar-refractivity contribution is 0.214. The molecule has 0 aliphatic heterocycles. The molecule has 0 N–H and O–H groups in total. The number of hydrogen-bond acceptors (Lipinski definition) is 2. The fourth-order valence-corrected chi connectivity index (χ4v) is 0.352. The van der Waals surface area contributed by atoms with Crippen LogP contribution in [0.3, 0.4) is 0 Å². The van der Waals surface area contributed by atoms with E-state index in [0.29, 0.717) is 5.75 Å². The molecule has 0 aromatic heterocycles. The second-order valence-corrected chi connectivity index (χ2v) is 1.67.